The van der Waals surface area contributed by atoms with Crippen molar-refractivity contribution in [3.8, 4) is 17.0 Å². The molecule has 2 N–H and O–H groups in total. The minimum Gasteiger partial charge on any atom is -0.481 e. The summed E-state index contributed by atoms with van der Waals surface area (Å²) in [6.45, 7) is 7.70. The van der Waals surface area contributed by atoms with Gasteiger partial charge in [0.1, 0.15) is 23.2 Å². The van der Waals surface area contributed by atoms with Crippen molar-refractivity contribution in [3.05, 3.63) is 108 Å². The van der Waals surface area contributed by atoms with Crippen LogP contribution in [-0.4, -0.2) is 46.3 Å². The maximum absolute atomic E-state index is 13.1. The number of carbonyl (C=O) groups excluding carboxylic acids is 2. The summed E-state index contributed by atoms with van der Waals surface area (Å²) < 4.78 is 22.9. The van der Waals surface area contributed by atoms with Crippen LogP contribution in [0.4, 0.5) is 10.6 Å². The minimum absolute atomic E-state index is 0.222. The number of fused-ring (bicyclic) bond motifs is 1. The number of aromatic amines is 1. The smallest absolute Gasteiger partial charge is 0.413 e. The van der Waals surface area contributed by atoms with E-state index in [0.29, 0.717) is 35.1 Å². The molecule has 2 aromatic carbocycles. The molecule has 3 heterocycles. The molecule has 0 fully saturated rings. The molecule has 45 heavy (non-hydrogen) atoms. The highest BCUT2D eigenvalue weighted by molar-refractivity contribution is 6.09. The maximum atomic E-state index is 13.1. The number of benzene rings is 2. The van der Waals surface area contributed by atoms with Crippen LogP contribution in [0.1, 0.15) is 61.0 Å². The van der Waals surface area contributed by atoms with Crippen molar-refractivity contribution in [2.24, 2.45) is 0 Å². The number of amides is 1. The van der Waals surface area contributed by atoms with Gasteiger partial charge in [-0.15, -0.1) is 0 Å². The number of rotatable bonds is 10. The second-order valence-electron chi connectivity index (χ2n) is 11.2. The molecule has 0 bridgehead atoms. The number of nitrogens with one attached hydrogen (secondary N) is 2. The molecule has 10 nitrogen and oxygen atoms in total. The Hall–Kier alpha value is -5.22. The van der Waals surface area contributed by atoms with Gasteiger partial charge < -0.3 is 23.9 Å². The summed E-state index contributed by atoms with van der Waals surface area (Å²) in [4.78, 5) is 37.6. The quantitative estimate of drug-likeness (QED) is 0.157. The highest BCUT2D eigenvalue weighted by Crippen LogP contribution is 2.39. The molecule has 0 aliphatic carbocycles. The number of nitrogens with zero attached hydrogens (tertiary/aromatic N) is 2. The number of H-pyrrole nitrogens is 1. The lowest BCUT2D eigenvalue weighted by molar-refractivity contribution is 0.0520. The predicted octanol–water partition coefficient (Wildman–Crippen LogP) is 7.46. The molecule has 232 valence electrons. The predicted molar refractivity (Wildman–Crippen MR) is 171 cm³/mol. The number of hydrogen-bond donors (Lipinski definition) is 2. The van der Waals surface area contributed by atoms with E-state index in [1.165, 1.54) is 7.11 Å². The van der Waals surface area contributed by atoms with Crippen molar-refractivity contribution in [3.63, 3.8) is 0 Å². The number of esters is 1. The third-order valence-electron chi connectivity index (χ3n) is 6.81. The lowest BCUT2D eigenvalue weighted by Gasteiger charge is -2.21. The van der Waals surface area contributed by atoms with Crippen molar-refractivity contribution in [2.75, 3.05) is 19.0 Å². The first-order chi connectivity index (χ1) is 21.7. The molecule has 0 saturated heterocycles. The molecule has 1 amide bonds. The number of anilines is 1. The van der Waals surface area contributed by atoms with Gasteiger partial charge in [-0.3, -0.25) is 5.32 Å². The van der Waals surface area contributed by atoms with Crippen LogP contribution < -0.4 is 10.1 Å². The van der Waals surface area contributed by atoms with Crippen LogP contribution in [0.2, 0.25) is 0 Å². The molecule has 10 heteroatoms. The van der Waals surface area contributed by atoms with Crippen molar-refractivity contribution in [1.82, 2.24) is 15.0 Å². The molecule has 0 spiro atoms. The summed E-state index contributed by atoms with van der Waals surface area (Å²) in [6, 6.07) is 22.9. The third-order valence-corrected chi connectivity index (χ3v) is 6.81. The zero-order valence-corrected chi connectivity index (χ0v) is 25.9. The summed E-state index contributed by atoms with van der Waals surface area (Å²) in [6.07, 6.45) is 2.07. The summed E-state index contributed by atoms with van der Waals surface area (Å²) in [5.41, 5.74) is 4.18. The number of carbonyl (C=O) groups is 2. The van der Waals surface area contributed by atoms with Crippen LogP contribution in [0.25, 0.3) is 22.0 Å². The fraction of sp³-hybridized carbons (Fsp3) is 0.257. The Balaban J connectivity index is 1.61. The lowest BCUT2D eigenvalue weighted by Crippen LogP contribution is -2.27. The Morgan fingerprint density at radius 3 is 2.44 bits per heavy atom. The van der Waals surface area contributed by atoms with Gasteiger partial charge in [-0.25, -0.2) is 19.6 Å². The van der Waals surface area contributed by atoms with E-state index in [1.54, 1.807) is 52.2 Å². The Morgan fingerprint density at radius 1 is 0.933 bits per heavy atom. The van der Waals surface area contributed by atoms with Gasteiger partial charge in [0.25, 0.3) is 0 Å². The third kappa shape index (κ3) is 7.47. The standard InChI is InChI=1S/C35H36N4O6/c1-6-43-33(40)30-29(25-13-10-17-37-32(25)42-5)26-19-23(14-15-27(26)38-30)31(44-21-22-11-8-7-9-12-22)24-16-18-36-28(20-24)39-34(41)45-35(2,3)4/h7-20,31,38H,6,21H2,1-5H3,(H,36,39,41). The van der Waals surface area contributed by atoms with Gasteiger partial charge in [-0.1, -0.05) is 36.4 Å². The minimum atomic E-state index is -0.661. The van der Waals surface area contributed by atoms with Gasteiger partial charge in [-0.2, -0.15) is 0 Å². The molecule has 3 aromatic heterocycles. The molecule has 5 aromatic rings. The molecule has 0 radical (unpaired) electrons. The average molecular weight is 609 g/mol. The largest absolute Gasteiger partial charge is 0.481 e. The van der Waals surface area contributed by atoms with Crippen LogP contribution in [0.5, 0.6) is 5.88 Å². The number of hydrogen-bond acceptors (Lipinski definition) is 8. The van der Waals surface area contributed by atoms with Crippen molar-refractivity contribution < 1.29 is 28.5 Å². The lowest BCUT2D eigenvalue weighted by atomic mass is 9.97. The topological polar surface area (TPSA) is 125 Å². The highest BCUT2D eigenvalue weighted by atomic mass is 16.6. The van der Waals surface area contributed by atoms with E-state index in [9.17, 15) is 9.59 Å². The van der Waals surface area contributed by atoms with Crippen LogP contribution in [0.15, 0.2) is 85.2 Å². The highest BCUT2D eigenvalue weighted by Gasteiger charge is 2.25. The van der Waals surface area contributed by atoms with Crippen LogP contribution >= 0.6 is 0 Å². The first kappa shape index (κ1) is 31.2. The summed E-state index contributed by atoms with van der Waals surface area (Å²) in [5, 5.41) is 3.48. The van der Waals surface area contributed by atoms with Crippen molar-refractivity contribution >= 4 is 28.8 Å². The Bertz CT molecular complexity index is 1800. The zero-order valence-electron chi connectivity index (χ0n) is 25.9. The van der Waals surface area contributed by atoms with Crippen LogP contribution in [-0.2, 0) is 20.8 Å². The molecule has 0 saturated carbocycles. The van der Waals surface area contributed by atoms with Crippen LogP contribution in [0.3, 0.4) is 0 Å². The zero-order chi connectivity index (χ0) is 32.0. The summed E-state index contributed by atoms with van der Waals surface area (Å²) >= 11 is 0. The Labute approximate surface area is 261 Å². The van der Waals surface area contributed by atoms with Gasteiger partial charge in [0, 0.05) is 34.4 Å². The molecule has 0 aliphatic heterocycles. The molecular formula is C35H36N4O6. The number of aromatic nitrogens is 3. The molecule has 1 atom stereocenters. The van der Waals surface area contributed by atoms with E-state index in [4.69, 9.17) is 18.9 Å². The first-order valence-corrected chi connectivity index (χ1v) is 14.6. The second kappa shape index (κ2) is 13.6. The number of ether oxygens (including phenoxy) is 4. The maximum Gasteiger partial charge on any atom is 0.413 e. The molecule has 5 rings (SSSR count). The van der Waals surface area contributed by atoms with E-state index in [2.05, 4.69) is 20.3 Å². The molecular weight excluding hydrogens is 572 g/mol. The SMILES string of the molecule is CCOC(=O)c1[nH]c2ccc(C(OCc3ccccc3)c3ccnc(NC(=O)OC(C)(C)C)c3)cc2c1-c1cccnc1OC. The van der Waals surface area contributed by atoms with E-state index in [-0.39, 0.29) is 6.61 Å². The molecule has 1 unspecified atom stereocenters. The van der Waals surface area contributed by atoms with E-state index in [1.807, 2.05) is 60.7 Å². The normalized spacial score (nSPS) is 12.0. The van der Waals surface area contributed by atoms with E-state index >= 15 is 0 Å². The molecule has 0 aliphatic rings. The van der Waals surface area contributed by atoms with Crippen LogP contribution in [0, 0.1) is 0 Å². The van der Waals surface area contributed by atoms with Gasteiger partial charge in [0.15, 0.2) is 0 Å². The van der Waals surface area contributed by atoms with Crippen molar-refractivity contribution in [2.45, 2.75) is 46.0 Å². The van der Waals surface area contributed by atoms with E-state index in [0.717, 1.165) is 27.6 Å². The average Bonchev–Trinajstić information content (AvgIpc) is 3.40. The van der Waals surface area contributed by atoms with E-state index < -0.39 is 23.8 Å². The van der Waals surface area contributed by atoms with Gasteiger partial charge in [0.05, 0.1) is 20.3 Å². The second-order valence-corrected chi connectivity index (χ2v) is 11.2. The number of methoxy groups -OCH3 is 1. The fourth-order valence-electron chi connectivity index (χ4n) is 4.98. The number of pyridine rings is 2. The monoisotopic (exact) mass is 608 g/mol. The van der Waals surface area contributed by atoms with Crippen molar-refractivity contribution in [1.29, 1.82) is 0 Å². The summed E-state index contributed by atoms with van der Waals surface area (Å²) in [5.74, 6) is 0.210. The van der Waals surface area contributed by atoms with Gasteiger partial charge in [0.2, 0.25) is 5.88 Å². The Morgan fingerprint density at radius 2 is 1.71 bits per heavy atom. The Kier molecular flexibility index (Phi) is 9.44. The van der Waals surface area contributed by atoms with Gasteiger partial charge >= 0.3 is 12.1 Å². The fourth-order valence-corrected chi connectivity index (χ4v) is 4.98. The first-order valence-electron chi connectivity index (χ1n) is 14.6. The summed E-state index contributed by atoms with van der Waals surface area (Å²) in [7, 11) is 1.54. The van der Waals surface area contributed by atoms with Gasteiger partial charge in [-0.05, 0) is 80.8 Å².